The molecule has 0 bridgehead atoms. The summed E-state index contributed by atoms with van der Waals surface area (Å²) >= 11 is 0. The average molecular weight is 445 g/mol. The number of rotatable bonds is 8. The molecule has 2 aromatic heterocycles. The normalized spacial score (nSPS) is 11.8. The lowest BCUT2D eigenvalue weighted by Gasteiger charge is -2.20. The molecular weight excluding hydrogens is 412 g/mol. The number of hydrogen-bond acceptors (Lipinski definition) is 4. The van der Waals surface area contributed by atoms with Crippen molar-refractivity contribution in [1.82, 2.24) is 29.3 Å². The largest absolute Gasteiger partial charge is 0.328 e. The fourth-order valence-electron chi connectivity index (χ4n) is 4.14. The molecule has 0 aliphatic carbocycles. The van der Waals surface area contributed by atoms with Gasteiger partial charge in [-0.2, -0.15) is 4.68 Å². The smallest absolute Gasteiger partial charge is 0.299 e. The van der Waals surface area contributed by atoms with E-state index in [-0.39, 0.29) is 11.1 Å². The fraction of sp³-hybridized carbons (Fsp3) is 0.385. The minimum atomic E-state index is -0.111. The quantitative estimate of drug-likeness (QED) is 0.365. The molecule has 33 heavy (non-hydrogen) atoms. The van der Waals surface area contributed by atoms with Crippen molar-refractivity contribution < 1.29 is 0 Å². The summed E-state index contributed by atoms with van der Waals surface area (Å²) in [7, 11) is 0. The lowest BCUT2D eigenvalue weighted by molar-refractivity contribution is 0.524. The highest BCUT2D eigenvalue weighted by Crippen LogP contribution is 2.27. The molecule has 0 aliphatic rings. The van der Waals surface area contributed by atoms with Crippen LogP contribution in [0.25, 0.3) is 16.8 Å². The molecule has 172 valence electrons. The van der Waals surface area contributed by atoms with Crippen LogP contribution in [0.2, 0.25) is 0 Å². The molecule has 0 radical (unpaired) electrons. The van der Waals surface area contributed by atoms with Crippen molar-refractivity contribution in [2.75, 3.05) is 0 Å². The number of aromatic nitrogens is 6. The van der Waals surface area contributed by atoms with E-state index in [0.717, 1.165) is 53.9 Å². The number of hydrogen-bond donors (Lipinski definition) is 0. The molecule has 0 aliphatic heterocycles. The first-order valence-corrected chi connectivity index (χ1v) is 11.6. The summed E-state index contributed by atoms with van der Waals surface area (Å²) in [4.78, 5) is 13.2. The van der Waals surface area contributed by atoms with Gasteiger partial charge < -0.3 is 0 Å². The van der Waals surface area contributed by atoms with Gasteiger partial charge in [0.1, 0.15) is 6.33 Å². The third kappa shape index (κ3) is 4.97. The van der Waals surface area contributed by atoms with E-state index in [1.807, 2.05) is 27.3 Å². The standard InChI is InChI=1S/C26H32N6O/c1-5-6-9-16-30-18-24(26(2,3)4)31(25(30)33)17-20-12-14-21(15-13-20)22-10-7-8-11-23(22)32-19-27-28-29-32/h7-8,10-15,18-19H,5-6,9,16-17H2,1-4H3. The number of benzene rings is 2. The summed E-state index contributed by atoms with van der Waals surface area (Å²) in [6, 6.07) is 16.4. The lowest BCUT2D eigenvalue weighted by atomic mass is 9.92. The first-order chi connectivity index (χ1) is 15.9. The summed E-state index contributed by atoms with van der Waals surface area (Å²) in [6.45, 7) is 9.99. The van der Waals surface area contributed by atoms with Crippen molar-refractivity contribution in [3.63, 3.8) is 0 Å². The Morgan fingerprint density at radius 2 is 1.73 bits per heavy atom. The van der Waals surface area contributed by atoms with Crippen molar-refractivity contribution in [2.45, 2.75) is 65.5 Å². The van der Waals surface area contributed by atoms with Gasteiger partial charge in [-0.3, -0.25) is 9.13 Å². The summed E-state index contributed by atoms with van der Waals surface area (Å²) in [5.41, 5.74) is 5.17. The van der Waals surface area contributed by atoms with Crippen LogP contribution in [0.3, 0.4) is 0 Å². The zero-order valence-corrected chi connectivity index (χ0v) is 19.9. The van der Waals surface area contributed by atoms with E-state index >= 15 is 0 Å². The van der Waals surface area contributed by atoms with Crippen LogP contribution >= 0.6 is 0 Å². The Morgan fingerprint density at radius 3 is 2.39 bits per heavy atom. The Kier molecular flexibility index (Phi) is 6.58. The fourth-order valence-corrected chi connectivity index (χ4v) is 4.14. The van der Waals surface area contributed by atoms with Crippen LogP contribution in [0.1, 0.15) is 58.2 Å². The molecule has 0 saturated carbocycles. The second-order valence-corrected chi connectivity index (χ2v) is 9.50. The number of para-hydroxylation sites is 1. The van der Waals surface area contributed by atoms with Gasteiger partial charge in [0.2, 0.25) is 0 Å². The second-order valence-electron chi connectivity index (χ2n) is 9.50. The van der Waals surface area contributed by atoms with Gasteiger partial charge in [0.25, 0.3) is 0 Å². The van der Waals surface area contributed by atoms with Crippen LogP contribution in [0, 0.1) is 0 Å². The van der Waals surface area contributed by atoms with Crippen molar-refractivity contribution in [2.24, 2.45) is 0 Å². The third-order valence-corrected chi connectivity index (χ3v) is 5.92. The van der Waals surface area contributed by atoms with Crippen LogP contribution in [0.15, 0.2) is 65.8 Å². The van der Waals surface area contributed by atoms with Gasteiger partial charge in [0, 0.05) is 29.4 Å². The molecule has 2 aromatic carbocycles. The van der Waals surface area contributed by atoms with E-state index < -0.39 is 0 Å². The number of nitrogens with zero attached hydrogens (tertiary/aromatic N) is 6. The van der Waals surface area contributed by atoms with E-state index in [1.165, 1.54) is 0 Å². The van der Waals surface area contributed by atoms with Crippen LogP contribution in [0.4, 0.5) is 0 Å². The van der Waals surface area contributed by atoms with E-state index in [9.17, 15) is 4.79 Å². The highest BCUT2D eigenvalue weighted by Gasteiger charge is 2.22. The summed E-state index contributed by atoms with van der Waals surface area (Å²) in [6.07, 6.45) is 6.95. The van der Waals surface area contributed by atoms with Gasteiger partial charge in [-0.15, -0.1) is 5.10 Å². The molecule has 7 heteroatoms. The molecule has 0 fully saturated rings. The molecular formula is C26H32N6O. The number of imidazole rings is 1. The van der Waals surface area contributed by atoms with Gasteiger partial charge >= 0.3 is 5.69 Å². The molecule has 0 atom stereocenters. The van der Waals surface area contributed by atoms with Crippen molar-refractivity contribution in [3.05, 3.63) is 82.8 Å². The zero-order chi connectivity index (χ0) is 23.4. The number of tetrazole rings is 1. The zero-order valence-electron chi connectivity index (χ0n) is 19.9. The monoisotopic (exact) mass is 444 g/mol. The second kappa shape index (κ2) is 9.57. The lowest BCUT2D eigenvalue weighted by Crippen LogP contribution is -2.28. The summed E-state index contributed by atoms with van der Waals surface area (Å²) in [5, 5.41) is 11.5. The maximum atomic E-state index is 13.2. The molecule has 0 N–H and O–H groups in total. The molecule has 0 unspecified atom stereocenters. The molecule has 7 nitrogen and oxygen atoms in total. The van der Waals surface area contributed by atoms with Crippen molar-refractivity contribution >= 4 is 0 Å². The van der Waals surface area contributed by atoms with Crippen LogP contribution in [-0.4, -0.2) is 29.3 Å². The SMILES string of the molecule is CCCCCn1cc(C(C)(C)C)n(Cc2ccc(-c3ccccc3-n3cnnn3)cc2)c1=O. The molecule has 0 spiro atoms. The minimum absolute atomic E-state index is 0.0733. The van der Waals surface area contributed by atoms with Gasteiger partial charge in [0.05, 0.1) is 12.2 Å². The Morgan fingerprint density at radius 1 is 0.970 bits per heavy atom. The van der Waals surface area contributed by atoms with E-state index in [0.29, 0.717) is 6.54 Å². The number of unbranched alkanes of at least 4 members (excludes halogenated alkanes) is 2. The van der Waals surface area contributed by atoms with E-state index in [4.69, 9.17) is 0 Å². The number of aryl methyl sites for hydroxylation is 1. The van der Waals surface area contributed by atoms with Crippen molar-refractivity contribution in [3.8, 4) is 16.8 Å². The highest BCUT2D eigenvalue weighted by molar-refractivity contribution is 5.72. The van der Waals surface area contributed by atoms with Gasteiger partial charge in [-0.25, -0.2) is 4.79 Å². The summed E-state index contributed by atoms with van der Waals surface area (Å²) < 4.78 is 5.47. The Balaban J connectivity index is 1.63. The first-order valence-electron chi connectivity index (χ1n) is 11.6. The van der Waals surface area contributed by atoms with E-state index in [1.54, 1.807) is 11.0 Å². The Hall–Kier alpha value is -3.48. The average Bonchev–Trinajstić information content (AvgIpc) is 3.44. The Labute approximate surface area is 194 Å². The molecule has 4 aromatic rings. The maximum Gasteiger partial charge on any atom is 0.328 e. The van der Waals surface area contributed by atoms with Crippen LogP contribution < -0.4 is 5.69 Å². The predicted octanol–water partition coefficient (Wildman–Crippen LogP) is 4.83. The maximum absolute atomic E-state index is 13.2. The van der Waals surface area contributed by atoms with Crippen molar-refractivity contribution in [1.29, 1.82) is 0 Å². The topological polar surface area (TPSA) is 70.5 Å². The third-order valence-electron chi connectivity index (χ3n) is 5.92. The predicted molar refractivity (Wildman–Crippen MR) is 131 cm³/mol. The van der Waals surface area contributed by atoms with Gasteiger partial charge in [-0.1, -0.05) is 83.0 Å². The van der Waals surface area contributed by atoms with Gasteiger partial charge in [-0.05, 0) is 34.0 Å². The minimum Gasteiger partial charge on any atom is -0.299 e. The molecule has 0 amide bonds. The summed E-state index contributed by atoms with van der Waals surface area (Å²) in [5.74, 6) is 0. The van der Waals surface area contributed by atoms with E-state index in [2.05, 4.69) is 79.7 Å². The Bertz CT molecular complexity index is 1240. The van der Waals surface area contributed by atoms with Gasteiger partial charge in [0.15, 0.2) is 0 Å². The molecule has 4 rings (SSSR count). The van der Waals surface area contributed by atoms with Crippen LogP contribution in [-0.2, 0) is 18.5 Å². The molecule has 0 saturated heterocycles. The molecule has 2 heterocycles. The highest BCUT2D eigenvalue weighted by atomic mass is 16.1. The first kappa shape index (κ1) is 22.7. The van der Waals surface area contributed by atoms with Crippen LogP contribution in [0.5, 0.6) is 0 Å².